The summed E-state index contributed by atoms with van der Waals surface area (Å²) in [5, 5.41) is 12.8. The highest BCUT2D eigenvalue weighted by Gasteiger charge is 2.35. The predicted octanol–water partition coefficient (Wildman–Crippen LogP) is 4.10. The zero-order valence-corrected chi connectivity index (χ0v) is 12.3. The van der Waals surface area contributed by atoms with Gasteiger partial charge in [0, 0.05) is 17.1 Å². The summed E-state index contributed by atoms with van der Waals surface area (Å²) in [6, 6.07) is 5.64. The number of aromatic carboxylic acids is 1. The molecule has 1 aliphatic rings. The normalized spacial score (nSPS) is 16.7. The Morgan fingerprint density at radius 3 is 2.68 bits per heavy atom. The highest BCUT2D eigenvalue weighted by molar-refractivity contribution is 7.98. The second-order valence-corrected chi connectivity index (χ2v) is 6.10. The van der Waals surface area contributed by atoms with Gasteiger partial charge in [-0.05, 0) is 43.1 Å². The van der Waals surface area contributed by atoms with Gasteiger partial charge in [-0.3, -0.25) is 0 Å². The van der Waals surface area contributed by atoms with Crippen molar-refractivity contribution in [1.82, 2.24) is 0 Å². The van der Waals surface area contributed by atoms with Crippen molar-refractivity contribution in [2.24, 2.45) is 5.41 Å². The van der Waals surface area contributed by atoms with E-state index >= 15 is 0 Å². The molecule has 0 aromatic heterocycles. The van der Waals surface area contributed by atoms with E-state index in [1.165, 1.54) is 31.0 Å². The van der Waals surface area contributed by atoms with Crippen LogP contribution < -0.4 is 5.32 Å². The second kappa shape index (κ2) is 5.87. The average molecular weight is 279 g/mol. The summed E-state index contributed by atoms with van der Waals surface area (Å²) in [4.78, 5) is 12.2. The summed E-state index contributed by atoms with van der Waals surface area (Å²) in [5.41, 5.74) is 1.53. The number of carbonyl (C=O) groups is 1. The van der Waals surface area contributed by atoms with E-state index < -0.39 is 5.97 Å². The first-order chi connectivity index (χ1) is 9.12. The largest absolute Gasteiger partial charge is 0.478 e. The molecule has 0 unspecified atom stereocenters. The molecule has 2 rings (SSSR count). The Morgan fingerprint density at radius 2 is 2.21 bits per heavy atom. The lowest BCUT2D eigenvalue weighted by Gasteiger charge is -2.41. The van der Waals surface area contributed by atoms with Gasteiger partial charge in [0.15, 0.2) is 0 Å². The number of rotatable bonds is 6. The molecule has 1 aliphatic carbocycles. The van der Waals surface area contributed by atoms with Gasteiger partial charge in [0.05, 0.1) is 5.56 Å². The smallest absolute Gasteiger partial charge is 0.338 e. The fourth-order valence-electron chi connectivity index (χ4n) is 2.68. The molecule has 0 saturated heterocycles. The molecule has 104 valence electrons. The highest BCUT2D eigenvalue weighted by atomic mass is 32.2. The zero-order chi connectivity index (χ0) is 13.9. The van der Waals surface area contributed by atoms with Crippen LogP contribution in [0.15, 0.2) is 23.1 Å². The quantitative estimate of drug-likeness (QED) is 0.770. The van der Waals surface area contributed by atoms with Crippen molar-refractivity contribution in [2.45, 2.75) is 37.5 Å². The van der Waals surface area contributed by atoms with E-state index in [2.05, 4.69) is 12.2 Å². The van der Waals surface area contributed by atoms with Crippen molar-refractivity contribution in [2.75, 3.05) is 18.1 Å². The fourth-order valence-corrected chi connectivity index (χ4v) is 3.30. The van der Waals surface area contributed by atoms with Crippen molar-refractivity contribution in [3.8, 4) is 0 Å². The van der Waals surface area contributed by atoms with E-state index in [0.29, 0.717) is 11.0 Å². The van der Waals surface area contributed by atoms with Gasteiger partial charge in [0.1, 0.15) is 0 Å². The Morgan fingerprint density at radius 1 is 1.47 bits per heavy atom. The molecule has 3 nitrogen and oxygen atoms in total. The first-order valence-electron chi connectivity index (χ1n) is 6.76. The van der Waals surface area contributed by atoms with E-state index in [1.54, 1.807) is 0 Å². The molecule has 1 aromatic carbocycles. The summed E-state index contributed by atoms with van der Waals surface area (Å²) in [5.74, 6) is -0.855. The molecular weight excluding hydrogens is 258 g/mol. The van der Waals surface area contributed by atoms with Gasteiger partial charge in [-0.2, -0.15) is 0 Å². The third-order valence-electron chi connectivity index (χ3n) is 4.28. The van der Waals surface area contributed by atoms with Crippen LogP contribution in [-0.4, -0.2) is 23.9 Å². The van der Waals surface area contributed by atoms with E-state index in [1.807, 2.05) is 24.5 Å². The minimum absolute atomic E-state index is 0.380. The molecule has 0 amide bonds. The lowest BCUT2D eigenvalue weighted by atomic mass is 9.67. The number of carboxylic acids is 1. The Bertz CT molecular complexity index is 464. The third kappa shape index (κ3) is 2.89. The van der Waals surface area contributed by atoms with Crippen LogP contribution in [0.4, 0.5) is 5.69 Å². The Balaban J connectivity index is 2.18. The number of nitrogens with one attached hydrogen (secondary N) is 1. The first-order valence-corrected chi connectivity index (χ1v) is 7.98. The van der Waals surface area contributed by atoms with Crippen LogP contribution in [0.2, 0.25) is 0 Å². The molecule has 0 atom stereocenters. The molecule has 1 fully saturated rings. The van der Waals surface area contributed by atoms with Crippen LogP contribution in [0, 0.1) is 5.41 Å². The van der Waals surface area contributed by atoms with Crippen molar-refractivity contribution < 1.29 is 9.90 Å². The molecule has 2 N–H and O–H groups in total. The maximum absolute atomic E-state index is 11.4. The van der Waals surface area contributed by atoms with Crippen LogP contribution in [0.1, 0.15) is 43.0 Å². The van der Waals surface area contributed by atoms with E-state index in [-0.39, 0.29) is 0 Å². The number of hydrogen-bond donors (Lipinski definition) is 2. The number of benzene rings is 1. The summed E-state index contributed by atoms with van der Waals surface area (Å²) in [7, 11) is 0. The van der Waals surface area contributed by atoms with Crippen molar-refractivity contribution in [1.29, 1.82) is 0 Å². The standard InChI is InChI=1S/C15H21NO2S/c1-3-15(8-5-9-15)10-16-11-6-4-7-12(19-2)13(11)14(17)18/h4,6-7,16H,3,5,8-10H2,1-2H3,(H,17,18). The Hall–Kier alpha value is -1.16. The van der Waals surface area contributed by atoms with Gasteiger partial charge in [0.2, 0.25) is 0 Å². The maximum Gasteiger partial charge on any atom is 0.338 e. The molecular formula is C15H21NO2S. The van der Waals surface area contributed by atoms with Gasteiger partial charge in [0.25, 0.3) is 0 Å². The van der Waals surface area contributed by atoms with E-state index in [0.717, 1.165) is 23.5 Å². The second-order valence-electron chi connectivity index (χ2n) is 5.25. The lowest BCUT2D eigenvalue weighted by molar-refractivity contribution is 0.0694. The summed E-state index contributed by atoms with van der Waals surface area (Å²) in [6.07, 6.45) is 6.87. The van der Waals surface area contributed by atoms with Crippen LogP contribution >= 0.6 is 11.8 Å². The predicted molar refractivity (Wildman–Crippen MR) is 80.2 cm³/mol. The average Bonchev–Trinajstić information content (AvgIpc) is 2.37. The zero-order valence-electron chi connectivity index (χ0n) is 11.5. The maximum atomic E-state index is 11.4. The van der Waals surface area contributed by atoms with Gasteiger partial charge in [-0.1, -0.05) is 19.4 Å². The molecule has 1 aromatic rings. The molecule has 0 heterocycles. The molecule has 19 heavy (non-hydrogen) atoms. The minimum atomic E-state index is -0.855. The molecule has 1 saturated carbocycles. The van der Waals surface area contributed by atoms with Crippen LogP contribution in [0.3, 0.4) is 0 Å². The molecule has 0 aliphatic heterocycles. The third-order valence-corrected chi connectivity index (χ3v) is 5.06. The molecule has 4 heteroatoms. The SMILES string of the molecule is CCC1(CNc2cccc(SC)c2C(=O)O)CCC1. The van der Waals surface area contributed by atoms with E-state index in [9.17, 15) is 9.90 Å². The van der Waals surface area contributed by atoms with Crippen LogP contribution in [0.5, 0.6) is 0 Å². The van der Waals surface area contributed by atoms with Crippen LogP contribution in [0.25, 0.3) is 0 Å². The van der Waals surface area contributed by atoms with Crippen molar-refractivity contribution >= 4 is 23.4 Å². The van der Waals surface area contributed by atoms with Crippen molar-refractivity contribution in [3.63, 3.8) is 0 Å². The first kappa shape index (κ1) is 14.3. The summed E-state index contributed by atoms with van der Waals surface area (Å²) >= 11 is 1.48. The summed E-state index contributed by atoms with van der Waals surface area (Å²) in [6.45, 7) is 3.10. The van der Waals surface area contributed by atoms with Crippen molar-refractivity contribution in [3.05, 3.63) is 23.8 Å². The van der Waals surface area contributed by atoms with Gasteiger partial charge < -0.3 is 10.4 Å². The molecule has 0 bridgehead atoms. The summed E-state index contributed by atoms with van der Waals surface area (Å²) < 4.78 is 0. The minimum Gasteiger partial charge on any atom is -0.478 e. The number of hydrogen-bond acceptors (Lipinski definition) is 3. The number of anilines is 1. The number of carboxylic acid groups (broad SMARTS) is 1. The highest BCUT2D eigenvalue weighted by Crippen LogP contribution is 2.44. The van der Waals surface area contributed by atoms with Crippen LogP contribution in [-0.2, 0) is 0 Å². The van der Waals surface area contributed by atoms with Gasteiger partial charge in [-0.15, -0.1) is 11.8 Å². The topological polar surface area (TPSA) is 49.3 Å². The van der Waals surface area contributed by atoms with Gasteiger partial charge >= 0.3 is 5.97 Å². The van der Waals surface area contributed by atoms with Gasteiger partial charge in [-0.25, -0.2) is 4.79 Å². The number of thioether (sulfide) groups is 1. The molecule has 0 spiro atoms. The Kier molecular flexibility index (Phi) is 4.40. The molecule has 0 radical (unpaired) electrons. The monoisotopic (exact) mass is 279 g/mol. The van der Waals surface area contributed by atoms with E-state index in [4.69, 9.17) is 0 Å². The fraction of sp³-hybridized carbons (Fsp3) is 0.533. The Labute approximate surface area is 118 Å². The lowest BCUT2D eigenvalue weighted by Crippen LogP contribution is -2.36.